The van der Waals surface area contributed by atoms with Gasteiger partial charge in [-0.1, -0.05) is 140 Å². The number of hydrogen-bond donors (Lipinski definition) is 1. The summed E-state index contributed by atoms with van der Waals surface area (Å²) in [5.74, 6) is 1.28. The van der Waals surface area contributed by atoms with Crippen molar-refractivity contribution >= 4 is 88.1 Å². The monoisotopic (exact) mass is 782 g/mol. The lowest BCUT2D eigenvalue weighted by molar-refractivity contribution is 0.659. The molecule has 1 unspecified atom stereocenters. The molecule has 6 nitrogen and oxygen atoms in total. The van der Waals surface area contributed by atoms with Gasteiger partial charge in [-0.3, -0.25) is 0 Å². The van der Waals surface area contributed by atoms with Crippen molar-refractivity contribution in [2.75, 3.05) is 0 Å². The lowest BCUT2D eigenvalue weighted by Gasteiger charge is -2.25. The molecular weight excluding hydrogens is 749 g/mol. The first-order valence-corrected chi connectivity index (χ1v) is 20.6. The summed E-state index contributed by atoms with van der Waals surface area (Å²) in [4.78, 5) is 10.9. The summed E-state index contributed by atoms with van der Waals surface area (Å²) in [6.07, 6.45) is -0.470. The maximum absolute atomic E-state index is 6.83. The summed E-state index contributed by atoms with van der Waals surface area (Å²) in [5.41, 5.74) is 11.5. The molecule has 0 bridgehead atoms. The fourth-order valence-electron chi connectivity index (χ4n) is 9.41. The fourth-order valence-corrected chi connectivity index (χ4v) is 9.41. The number of aliphatic imine (C=N–C) groups is 2. The van der Waals surface area contributed by atoms with E-state index in [2.05, 4.69) is 155 Å². The van der Waals surface area contributed by atoms with E-state index in [9.17, 15) is 0 Å². The molecule has 0 radical (unpaired) electrons. The van der Waals surface area contributed by atoms with Crippen LogP contribution in [-0.2, 0) is 0 Å². The van der Waals surface area contributed by atoms with Crippen LogP contribution in [0.1, 0.15) is 22.9 Å². The molecule has 61 heavy (non-hydrogen) atoms. The second kappa shape index (κ2) is 13.1. The number of benzene rings is 9. The highest BCUT2D eigenvalue weighted by Crippen LogP contribution is 2.40. The number of aromatic nitrogens is 1. The number of nitrogens with zero attached hydrogens (tertiary/aromatic N) is 3. The van der Waals surface area contributed by atoms with Gasteiger partial charge in [-0.15, -0.1) is 0 Å². The summed E-state index contributed by atoms with van der Waals surface area (Å²) in [6.45, 7) is 0. The maximum atomic E-state index is 6.83. The van der Waals surface area contributed by atoms with Crippen molar-refractivity contribution in [3.63, 3.8) is 0 Å². The van der Waals surface area contributed by atoms with Crippen LogP contribution in [0.3, 0.4) is 0 Å². The van der Waals surface area contributed by atoms with Crippen molar-refractivity contribution in [1.82, 2.24) is 9.88 Å². The van der Waals surface area contributed by atoms with Gasteiger partial charge in [-0.05, 0) is 82.1 Å². The van der Waals surface area contributed by atoms with Gasteiger partial charge in [0.25, 0.3) is 0 Å². The van der Waals surface area contributed by atoms with Crippen molar-refractivity contribution in [1.29, 1.82) is 0 Å². The average molecular weight is 783 g/mol. The second-order valence-electron chi connectivity index (χ2n) is 15.8. The smallest absolute Gasteiger partial charge is 0.160 e. The van der Waals surface area contributed by atoms with Crippen LogP contribution in [0.15, 0.2) is 213 Å². The first-order valence-electron chi connectivity index (χ1n) is 20.6. The van der Waals surface area contributed by atoms with E-state index in [0.29, 0.717) is 11.7 Å². The number of rotatable bonds is 5. The van der Waals surface area contributed by atoms with Crippen LogP contribution in [0.2, 0.25) is 0 Å². The van der Waals surface area contributed by atoms with Crippen molar-refractivity contribution < 1.29 is 8.83 Å². The van der Waals surface area contributed by atoms with Crippen LogP contribution in [0.25, 0.3) is 93.3 Å². The van der Waals surface area contributed by atoms with E-state index in [1.54, 1.807) is 0 Å². The van der Waals surface area contributed by atoms with Crippen molar-refractivity contribution in [2.45, 2.75) is 6.17 Å². The Bertz CT molecular complexity index is 3810. The third-order valence-corrected chi connectivity index (χ3v) is 12.2. The zero-order valence-electron chi connectivity index (χ0n) is 32.7. The van der Waals surface area contributed by atoms with Crippen molar-refractivity contribution in [3.05, 3.63) is 211 Å². The molecular formula is C55H34N4O2. The topological polar surface area (TPSA) is 68.0 Å². The van der Waals surface area contributed by atoms with Gasteiger partial charge in [-0.25, -0.2) is 9.98 Å². The standard InChI is InChI=1S/C55H34N4O2/c1-2-14-33(15-3-1)34-18-12-19-37(28-34)53-56-54(42-23-13-27-50-51(42)41-22-8-11-26-49(41)60-50)58-55(57-53)45-32-38(31-44-40-21-7-10-25-48(40)61-52(44)45)59-46-24-9-6-20-39(46)43-29-35-16-4-5-17-36(35)30-47(43)59/h1-32,53H,(H,56,57,58). The molecule has 0 fully saturated rings. The molecule has 286 valence electrons. The van der Waals surface area contributed by atoms with Crippen LogP contribution < -0.4 is 5.32 Å². The van der Waals surface area contributed by atoms with Gasteiger partial charge in [0, 0.05) is 43.6 Å². The molecule has 3 aromatic heterocycles. The van der Waals surface area contributed by atoms with E-state index in [0.717, 1.165) is 88.4 Å². The quantitative estimate of drug-likeness (QED) is 0.189. The molecule has 0 saturated carbocycles. The molecule has 1 atom stereocenters. The van der Waals surface area contributed by atoms with Gasteiger partial charge in [0.15, 0.2) is 5.84 Å². The van der Waals surface area contributed by atoms with Crippen LogP contribution in [-0.4, -0.2) is 16.2 Å². The van der Waals surface area contributed by atoms with E-state index in [-0.39, 0.29) is 0 Å². The van der Waals surface area contributed by atoms with Crippen LogP contribution in [0.5, 0.6) is 0 Å². The highest BCUT2D eigenvalue weighted by molar-refractivity contribution is 6.24. The summed E-state index contributed by atoms with van der Waals surface area (Å²) in [5, 5.41) is 12.7. The number of furan rings is 2. The predicted octanol–water partition coefficient (Wildman–Crippen LogP) is 13.9. The number of para-hydroxylation sites is 3. The highest BCUT2D eigenvalue weighted by Gasteiger charge is 2.27. The largest absolute Gasteiger partial charge is 0.456 e. The van der Waals surface area contributed by atoms with Gasteiger partial charge in [-0.2, -0.15) is 0 Å². The molecule has 13 rings (SSSR count). The number of nitrogens with one attached hydrogen (secondary N) is 1. The average Bonchev–Trinajstić information content (AvgIpc) is 4.00. The Balaban J connectivity index is 1.09. The minimum absolute atomic E-state index is 0.470. The maximum Gasteiger partial charge on any atom is 0.160 e. The van der Waals surface area contributed by atoms with Crippen LogP contribution in [0.4, 0.5) is 0 Å². The summed E-state index contributed by atoms with van der Waals surface area (Å²) >= 11 is 0. The van der Waals surface area contributed by atoms with Crippen molar-refractivity contribution in [3.8, 4) is 16.8 Å². The van der Waals surface area contributed by atoms with Gasteiger partial charge in [0.1, 0.15) is 34.3 Å². The molecule has 0 saturated heterocycles. The molecule has 0 spiro atoms. The summed E-state index contributed by atoms with van der Waals surface area (Å²) in [6, 6.07) is 68.1. The minimum atomic E-state index is -0.470. The van der Waals surface area contributed by atoms with E-state index < -0.39 is 6.17 Å². The zero-order chi connectivity index (χ0) is 40.0. The SMILES string of the molecule is c1ccc(-c2cccc(C3N=C(c4cccc5oc6ccccc6c45)N=C(c4cc(-n5c6ccccc6c6cc7ccccc7cc65)cc5c4oc4ccccc45)N3)c2)cc1. The predicted molar refractivity (Wildman–Crippen MR) is 250 cm³/mol. The highest BCUT2D eigenvalue weighted by atomic mass is 16.3. The normalized spacial score (nSPS) is 14.4. The third-order valence-electron chi connectivity index (χ3n) is 12.2. The zero-order valence-corrected chi connectivity index (χ0v) is 32.7. The van der Waals surface area contributed by atoms with Crippen LogP contribution in [0, 0.1) is 0 Å². The van der Waals surface area contributed by atoms with Crippen LogP contribution >= 0.6 is 0 Å². The first-order chi connectivity index (χ1) is 30.2. The molecule has 12 aromatic rings. The molecule has 1 aliphatic heterocycles. The van der Waals surface area contributed by atoms with E-state index in [1.165, 1.54) is 21.5 Å². The van der Waals surface area contributed by atoms with Gasteiger partial charge >= 0.3 is 0 Å². The Hall–Kier alpha value is -8.22. The minimum Gasteiger partial charge on any atom is -0.456 e. The lowest BCUT2D eigenvalue weighted by Crippen LogP contribution is -2.33. The fraction of sp³-hybridized carbons (Fsp3) is 0.0182. The Morgan fingerprint density at radius 1 is 0.459 bits per heavy atom. The second-order valence-corrected chi connectivity index (χ2v) is 15.8. The Morgan fingerprint density at radius 3 is 2.02 bits per heavy atom. The molecule has 0 amide bonds. The molecule has 1 aliphatic rings. The molecule has 9 aromatic carbocycles. The van der Waals surface area contributed by atoms with Gasteiger partial charge < -0.3 is 18.7 Å². The van der Waals surface area contributed by atoms with Gasteiger partial charge in [0.2, 0.25) is 0 Å². The molecule has 6 heteroatoms. The third kappa shape index (κ3) is 5.29. The van der Waals surface area contributed by atoms with E-state index >= 15 is 0 Å². The molecule has 1 N–H and O–H groups in total. The first kappa shape index (κ1) is 33.7. The van der Waals surface area contributed by atoms with Gasteiger partial charge in [0.05, 0.1) is 16.6 Å². The Kier molecular flexibility index (Phi) is 7.27. The lowest BCUT2D eigenvalue weighted by atomic mass is 10.0. The van der Waals surface area contributed by atoms with Crippen molar-refractivity contribution in [2.24, 2.45) is 9.98 Å². The molecule has 4 heterocycles. The van der Waals surface area contributed by atoms with E-state index in [4.69, 9.17) is 18.8 Å². The Labute approximate surface area is 349 Å². The summed E-state index contributed by atoms with van der Waals surface area (Å²) < 4.78 is 15.6. The van der Waals surface area contributed by atoms with E-state index in [1.807, 2.05) is 48.5 Å². The number of hydrogen-bond acceptors (Lipinski definition) is 5. The molecule has 0 aliphatic carbocycles. The summed E-state index contributed by atoms with van der Waals surface area (Å²) in [7, 11) is 0. The number of fused-ring (bicyclic) bond motifs is 10. The number of amidine groups is 2. The Morgan fingerprint density at radius 2 is 1.15 bits per heavy atom.